The molecule has 2 heterocycles. The number of hydrogen-bond donors (Lipinski definition) is 0. The third-order valence-corrected chi connectivity index (χ3v) is 2.96. The van der Waals surface area contributed by atoms with E-state index in [1.165, 1.54) is 13.3 Å². The van der Waals surface area contributed by atoms with Crippen molar-refractivity contribution in [3.8, 4) is 17.7 Å². The first-order chi connectivity index (χ1) is 11.2. The number of hydrogen-bond acceptors (Lipinski definition) is 7. The minimum absolute atomic E-state index is 0.133. The summed E-state index contributed by atoms with van der Waals surface area (Å²) in [6, 6.07) is 7.11. The van der Waals surface area contributed by atoms with Crippen LogP contribution in [0.5, 0.6) is 11.6 Å². The highest BCUT2D eigenvalue weighted by atomic mass is 16.6. The van der Waals surface area contributed by atoms with Gasteiger partial charge in [0.2, 0.25) is 5.88 Å². The Bertz CT molecular complexity index is 731. The fourth-order valence-corrected chi connectivity index (χ4v) is 1.97. The fourth-order valence-electron chi connectivity index (χ4n) is 1.97. The third-order valence-electron chi connectivity index (χ3n) is 2.96. The molecular formula is C16H16N4O3. The van der Waals surface area contributed by atoms with Gasteiger partial charge in [-0.15, -0.1) is 0 Å². The Kier molecular flexibility index (Phi) is 5.47. The highest BCUT2D eigenvalue weighted by Gasteiger charge is 2.11. The first-order valence-electron chi connectivity index (χ1n) is 6.78. The van der Waals surface area contributed by atoms with Crippen LogP contribution in [0.4, 0.5) is 0 Å². The summed E-state index contributed by atoms with van der Waals surface area (Å²) in [5.74, 6) is 1.02. The van der Waals surface area contributed by atoms with Gasteiger partial charge in [0.25, 0.3) is 0 Å². The van der Waals surface area contributed by atoms with Gasteiger partial charge in [-0.25, -0.2) is 4.98 Å². The van der Waals surface area contributed by atoms with Crippen LogP contribution in [0.2, 0.25) is 0 Å². The number of nitriles is 1. The molecule has 0 aliphatic carbocycles. The Hall–Kier alpha value is -3.14. The van der Waals surface area contributed by atoms with E-state index >= 15 is 0 Å². The Morgan fingerprint density at radius 3 is 2.83 bits per heavy atom. The zero-order chi connectivity index (χ0) is 16.7. The topological polar surface area (TPSA) is 89.6 Å². The molecule has 118 valence electrons. The number of rotatable bonds is 6. The molecule has 2 aromatic heterocycles. The smallest absolute Gasteiger partial charge is 0.223 e. The molecule has 0 fully saturated rings. The Labute approximate surface area is 134 Å². The molecule has 0 N–H and O–H groups in total. The van der Waals surface area contributed by atoms with E-state index in [0.717, 1.165) is 5.69 Å². The van der Waals surface area contributed by atoms with Crippen LogP contribution in [-0.2, 0) is 11.4 Å². The molecule has 0 aliphatic heterocycles. The number of methoxy groups -OCH3 is 2. The molecule has 0 radical (unpaired) electrons. The van der Waals surface area contributed by atoms with Gasteiger partial charge >= 0.3 is 0 Å². The van der Waals surface area contributed by atoms with Crippen LogP contribution in [0, 0.1) is 18.3 Å². The second kappa shape index (κ2) is 7.75. The Morgan fingerprint density at radius 1 is 1.30 bits per heavy atom. The molecule has 0 unspecified atom stereocenters. The van der Waals surface area contributed by atoms with Crippen molar-refractivity contribution in [2.75, 3.05) is 14.2 Å². The highest BCUT2D eigenvalue weighted by molar-refractivity contribution is 5.77. The molecule has 0 saturated carbocycles. The zero-order valence-corrected chi connectivity index (χ0v) is 13.1. The van der Waals surface area contributed by atoms with Gasteiger partial charge in [-0.1, -0.05) is 5.16 Å². The van der Waals surface area contributed by atoms with E-state index in [9.17, 15) is 0 Å². The predicted molar refractivity (Wildman–Crippen MR) is 83.4 cm³/mol. The fraction of sp³-hybridized carbons (Fsp3) is 0.250. The lowest BCUT2D eigenvalue weighted by atomic mass is 10.2. The average molecular weight is 312 g/mol. The van der Waals surface area contributed by atoms with Crippen molar-refractivity contribution in [3.05, 3.63) is 46.9 Å². The van der Waals surface area contributed by atoms with Gasteiger partial charge in [-0.05, 0) is 25.1 Å². The second-order valence-electron chi connectivity index (χ2n) is 4.54. The summed E-state index contributed by atoms with van der Waals surface area (Å²) >= 11 is 0. The van der Waals surface area contributed by atoms with E-state index in [4.69, 9.17) is 19.6 Å². The van der Waals surface area contributed by atoms with E-state index < -0.39 is 0 Å². The van der Waals surface area contributed by atoms with Gasteiger partial charge in [-0.2, -0.15) is 5.26 Å². The third kappa shape index (κ3) is 4.17. The Morgan fingerprint density at radius 2 is 2.13 bits per heavy atom. The lowest BCUT2D eigenvalue weighted by Gasteiger charge is -2.10. The van der Waals surface area contributed by atoms with Crippen molar-refractivity contribution in [2.24, 2.45) is 5.16 Å². The minimum Gasteiger partial charge on any atom is -0.496 e. The molecule has 0 bridgehead atoms. The molecule has 2 rings (SSSR count). The van der Waals surface area contributed by atoms with E-state index in [1.807, 2.05) is 6.92 Å². The highest BCUT2D eigenvalue weighted by Crippen LogP contribution is 2.26. The first-order valence-corrected chi connectivity index (χ1v) is 6.78. The number of pyridine rings is 2. The zero-order valence-electron chi connectivity index (χ0n) is 13.1. The maximum Gasteiger partial charge on any atom is 0.223 e. The van der Waals surface area contributed by atoms with Gasteiger partial charge in [0, 0.05) is 11.9 Å². The summed E-state index contributed by atoms with van der Waals surface area (Å²) < 4.78 is 10.4. The first kappa shape index (κ1) is 16.2. The van der Waals surface area contributed by atoms with Crippen molar-refractivity contribution in [3.63, 3.8) is 0 Å². The van der Waals surface area contributed by atoms with Crippen molar-refractivity contribution >= 4 is 6.21 Å². The van der Waals surface area contributed by atoms with Crippen LogP contribution in [0.1, 0.15) is 22.5 Å². The van der Waals surface area contributed by atoms with E-state index in [-0.39, 0.29) is 6.61 Å². The number of aromatic nitrogens is 2. The van der Waals surface area contributed by atoms with Crippen molar-refractivity contribution in [1.29, 1.82) is 5.26 Å². The van der Waals surface area contributed by atoms with Gasteiger partial charge < -0.3 is 14.3 Å². The molecule has 2 aromatic rings. The van der Waals surface area contributed by atoms with Crippen molar-refractivity contribution < 1.29 is 14.3 Å². The van der Waals surface area contributed by atoms with Crippen molar-refractivity contribution in [2.45, 2.75) is 13.5 Å². The van der Waals surface area contributed by atoms with E-state index in [1.54, 1.807) is 31.5 Å². The lowest BCUT2D eigenvalue weighted by Crippen LogP contribution is -2.00. The number of ether oxygens (including phenoxy) is 2. The number of oxime groups is 1. The van der Waals surface area contributed by atoms with Crippen LogP contribution in [-0.4, -0.2) is 30.4 Å². The van der Waals surface area contributed by atoms with Gasteiger partial charge in [0.1, 0.15) is 5.75 Å². The lowest BCUT2D eigenvalue weighted by molar-refractivity contribution is 0.127. The van der Waals surface area contributed by atoms with Crippen LogP contribution in [0.15, 0.2) is 29.6 Å². The summed E-state index contributed by atoms with van der Waals surface area (Å²) in [6.07, 6.45) is 3.04. The maximum atomic E-state index is 8.93. The summed E-state index contributed by atoms with van der Waals surface area (Å²) in [7, 11) is 3.08. The Balaban J connectivity index is 2.08. The van der Waals surface area contributed by atoms with E-state index in [2.05, 4.69) is 21.2 Å². The molecule has 7 nitrogen and oxygen atoms in total. The summed E-state index contributed by atoms with van der Waals surface area (Å²) in [5, 5.41) is 12.8. The molecule has 0 atom stereocenters. The number of aryl methyl sites for hydroxylation is 1. The molecular weight excluding hydrogens is 296 g/mol. The molecule has 0 saturated heterocycles. The molecule has 23 heavy (non-hydrogen) atoms. The molecule has 0 amide bonds. The van der Waals surface area contributed by atoms with Crippen LogP contribution >= 0.6 is 0 Å². The summed E-state index contributed by atoms with van der Waals surface area (Å²) in [5.41, 5.74) is 2.46. The van der Waals surface area contributed by atoms with Gasteiger partial charge in [0.15, 0.2) is 6.61 Å². The molecule has 0 aliphatic rings. The summed E-state index contributed by atoms with van der Waals surface area (Å²) in [6.45, 7) is 1.94. The second-order valence-corrected chi connectivity index (χ2v) is 4.54. The SMILES string of the molecule is COc1ccnc(OC)c1CON=Cc1cc(C#N)cc(C)n1. The normalized spacial score (nSPS) is 10.3. The molecule has 7 heteroatoms. The standard InChI is InChI=1S/C16H16N4O3/c1-11-6-12(8-17)7-13(20-11)9-19-23-10-14-15(21-2)4-5-18-16(14)22-3/h4-7,9H,10H2,1-3H3. The molecule has 0 aromatic carbocycles. The van der Waals surface area contributed by atoms with Crippen molar-refractivity contribution in [1.82, 2.24) is 9.97 Å². The van der Waals surface area contributed by atoms with Crippen LogP contribution in [0.3, 0.4) is 0 Å². The average Bonchev–Trinajstić information content (AvgIpc) is 2.57. The molecule has 0 spiro atoms. The monoisotopic (exact) mass is 312 g/mol. The minimum atomic E-state index is 0.133. The summed E-state index contributed by atoms with van der Waals surface area (Å²) in [4.78, 5) is 13.6. The number of nitrogens with zero attached hydrogens (tertiary/aromatic N) is 4. The van der Waals surface area contributed by atoms with Crippen LogP contribution < -0.4 is 9.47 Å². The van der Waals surface area contributed by atoms with Gasteiger partial charge in [-0.3, -0.25) is 4.98 Å². The predicted octanol–water partition coefficient (Wildman–Crippen LogP) is 2.22. The van der Waals surface area contributed by atoms with E-state index in [0.29, 0.717) is 28.5 Å². The maximum absolute atomic E-state index is 8.93. The van der Waals surface area contributed by atoms with Crippen LogP contribution in [0.25, 0.3) is 0 Å². The quantitative estimate of drug-likeness (QED) is 0.600. The van der Waals surface area contributed by atoms with Gasteiger partial charge in [0.05, 0.1) is 43.3 Å². The largest absolute Gasteiger partial charge is 0.496 e.